The number of hydrogen-bond acceptors (Lipinski definition) is 4. The number of aryl methyl sites for hydroxylation is 1. The van der Waals surface area contributed by atoms with Crippen molar-refractivity contribution in [2.75, 3.05) is 11.5 Å². The predicted octanol–water partition coefficient (Wildman–Crippen LogP) is 0.0869. The molecule has 1 aliphatic heterocycles. The summed E-state index contributed by atoms with van der Waals surface area (Å²) in [5, 5.41) is 3.28. The summed E-state index contributed by atoms with van der Waals surface area (Å²) in [7, 11) is -0.886. The van der Waals surface area contributed by atoms with Crippen molar-refractivity contribution in [3.63, 3.8) is 0 Å². The molecule has 0 spiro atoms. The molecule has 16 heavy (non-hydrogen) atoms. The monoisotopic (exact) mass is 243 g/mol. The smallest absolute Gasteiger partial charge is 0.151 e. The Hall–Kier alpha value is -0.880. The highest BCUT2D eigenvalue weighted by Gasteiger charge is 2.24. The first-order valence-electron chi connectivity index (χ1n) is 5.46. The van der Waals surface area contributed by atoms with E-state index in [9.17, 15) is 8.42 Å². The van der Waals surface area contributed by atoms with Gasteiger partial charge in [-0.3, -0.25) is 0 Å². The maximum Gasteiger partial charge on any atom is 0.151 e. The van der Waals surface area contributed by atoms with Crippen LogP contribution in [0.1, 0.15) is 18.5 Å². The van der Waals surface area contributed by atoms with Gasteiger partial charge >= 0.3 is 0 Å². The van der Waals surface area contributed by atoms with Crippen LogP contribution < -0.4 is 5.32 Å². The molecule has 0 bridgehead atoms. The molecule has 6 heteroatoms. The number of aromatic nitrogens is 2. The highest BCUT2D eigenvalue weighted by atomic mass is 32.2. The number of imidazole rings is 1. The molecule has 1 aliphatic rings. The van der Waals surface area contributed by atoms with E-state index in [0.29, 0.717) is 12.3 Å². The third kappa shape index (κ3) is 2.82. The maximum absolute atomic E-state index is 11.4. The van der Waals surface area contributed by atoms with Gasteiger partial charge in [0.25, 0.3) is 0 Å². The van der Waals surface area contributed by atoms with Gasteiger partial charge in [0.05, 0.1) is 23.5 Å². The maximum atomic E-state index is 11.4. The van der Waals surface area contributed by atoms with E-state index in [2.05, 4.69) is 10.3 Å². The Morgan fingerprint density at radius 2 is 2.44 bits per heavy atom. The van der Waals surface area contributed by atoms with Crippen molar-refractivity contribution in [3.8, 4) is 0 Å². The summed E-state index contributed by atoms with van der Waals surface area (Å²) in [6.45, 7) is 0.677. The second kappa shape index (κ2) is 4.55. The molecular weight excluding hydrogens is 226 g/mol. The minimum atomic E-state index is -2.82. The fraction of sp³-hybridized carbons (Fsp3) is 0.700. The number of rotatable bonds is 3. The lowest BCUT2D eigenvalue weighted by molar-refractivity contribution is 0.474. The van der Waals surface area contributed by atoms with Gasteiger partial charge in [0.15, 0.2) is 9.84 Å². The molecule has 1 fully saturated rings. The van der Waals surface area contributed by atoms with Gasteiger partial charge in [-0.25, -0.2) is 13.4 Å². The Morgan fingerprint density at radius 3 is 3.06 bits per heavy atom. The van der Waals surface area contributed by atoms with Crippen LogP contribution in [0.25, 0.3) is 0 Å². The van der Waals surface area contributed by atoms with E-state index in [0.717, 1.165) is 18.5 Å². The molecule has 90 valence electrons. The molecule has 1 unspecified atom stereocenters. The van der Waals surface area contributed by atoms with Gasteiger partial charge in [-0.2, -0.15) is 0 Å². The van der Waals surface area contributed by atoms with Crippen molar-refractivity contribution in [2.24, 2.45) is 7.05 Å². The van der Waals surface area contributed by atoms with Crippen LogP contribution in [-0.2, 0) is 23.4 Å². The summed E-state index contributed by atoms with van der Waals surface area (Å²) >= 11 is 0. The van der Waals surface area contributed by atoms with E-state index in [1.165, 1.54) is 0 Å². The zero-order chi connectivity index (χ0) is 11.6. The third-order valence-electron chi connectivity index (χ3n) is 2.95. The second-order valence-electron chi connectivity index (χ2n) is 4.33. The minimum absolute atomic E-state index is 0.0913. The van der Waals surface area contributed by atoms with Gasteiger partial charge in [-0.05, 0) is 12.8 Å². The zero-order valence-electron chi connectivity index (χ0n) is 9.39. The van der Waals surface area contributed by atoms with Crippen LogP contribution in [0.4, 0.5) is 0 Å². The topological polar surface area (TPSA) is 64.0 Å². The van der Waals surface area contributed by atoms with Crippen LogP contribution in [0, 0.1) is 0 Å². The van der Waals surface area contributed by atoms with Crippen LogP contribution in [0.3, 0.4) is 0 Å². The number of hydrogen-bond donors (Lipinski definition) is 1. The zero-order valence-corrected chi connectivity index (χ0v) is 10.2. The largest absolute Gasteiger partial charge is 0.337 e. The van der Waals surface area contributed by atoms with Crippen LogP contribution in [0.2, 0.25) is 0 Å². The van der Waals surface area contributed by atoms with E-state index < -0.39 is 9.84 Å². The normalized spacial score (nSPS) is 24.4. The molecule has 1 atom stereocenters. The first-order valence-corrected chi connectivity index (χ1v) is 7.28. The molecule has 0 saturated carbocycles. The van der Waals surface area contributed by atoms with Crippen molar-refractivity contribution < 1.29 is 8.42 Å². The fourth-order valence-electron chi connectivity index (χ4n) is 1.99. The van der Waals surface area contributed by atoms with Crippen molar-refractivity contribution in [3.05, 3.63) is 18.2 Å². The molecule has 0 aromatic carbocycles. The predicted molar refractivity (Wildman–Crippen MR) is 61.7 cm³/mol. The van der Waals surface area contributed by atoms with E-state index in [-0.39, 0.29) is 11.8 Å². The molecule has 2 rings (SSSR count). The SMILES string of the molecule is Cn1cncc1CNC1CCCS(=O)(=O)C1. The number of sulfone groups is 1. The van der Waals surface area contributed by atoms with Crippen molar-refractivity contribution in [1.29, 1.82) is 0 Å². The van der Waals surface area contributed by atoms with E-state index in [1.54, 1.807) is 12.5 Å². The molecule has 1 aromatic heterocycles. The first-order chi connectivity index (χ1) is 7.57. The molecule has 0 aliphatic carbocycles. The first kappa shape index (κ1) is 11.6. The summed E-state index contributed by atoms with van der Waals surface area (Å²) in [6.07, 6.45) is 5.25. The van der Waals surface area contributed by atoms with Gasteiger partial charge in [-0.1, -0.05) is 0 Å². The number of nitrogens with one attached hydrogen (secondary N) is 1. The lowest BCUT2D eigenvalue weighted by Crippen LogP contribution is -2.40. The van der Waals surface area contributed by atoms with Gasteiger partial charge in [-0.15, -0.1) is 0 Å². The van der Waals surface area contributed by atoms with Gasteiger partial charge in [0.1, 0.15) is 0 Å². The Kier molecular flexibility index (Phi) is 3.30. The molecule has 0 amide bonds. The summed E-state index contributed by atoms with van der Waals surface area (Å²) < 4.78 is 24.8. The van der Waals surface area contributed by atoms with Crippen LogP contribution >= 0.6 is 0 Å². The standard InChI is InChI=1S/C10H17N3O2S/c1-13-8-11-5-10(13)6-12-9-3-2-4-16(14,15)7-9/h5,8-9,12H,2-4,6-7H2,1H3. The highest BCUT2D eigenvalue weighted by Crippen LogP contribution is 2.12. The average Bonchev–Trinajstić information content (AvgIpc) is 2.60. The molecule has 2 heterocycles. The molecule has 1 N–H and O–H groups in total. The molecule has 1 aromatic rings. The highest BCUT2D eigenvalue weighted by molar-refractivity contribution is 7.91. The molecule has 0 radical (unpaired) electrons. The quantitative estimate of drug-likeness (QED) is 0.817. The van der Waals surface area contributed by atoms with Crippen molar-refractivity contribution in [1.82, 2.24) is 14.9 Å². The molecular formula is C10H17N3O2S. The summed E-state index contributed by atoms with van der Waals surface area (Å²) in [4.78, 5) is 4.02. The van der Waals surface area contributed by atoms with E-state index in [4.69, 9.17) is 0 Å². The van der Waals surface area contributed by atoms with E-state index in [1.807, 2.05) is 11.6 Å². The second-order valence-corrected chi connectivity index (χ2v) is 6.56. The van der Waals surface area contributed by atoms with Gasteiger partial charge in [0, 0.05) is 25.8 Å². The van der Waals surface area contributed by atoms with Crippen molar-refractivity contribution >= 4 is 9.84 Å². The molecule has 5 nitrogen and oxygen atoms in total. The van der Waals surface area contributed by atoms with E-state index >= 15 is 0 Å². The average molecular weight is 243 g/mol. The number of nitrogens with zero attached hydrogens (tertiary/aromatic N) is 2. The fourth-order valence-corrected chi connectivity index (χ4v) is 3.66. The van der Waals surface area contributed by atoms with Crippen LogP contribution in [-0.4, -0.2) is 35.5 Å². The summed E-state index contributed by atoms with van der Waals surface area (Å²) in [6, 6.07) is 0.0913. The van der Waals surface area contributed by atoms with Gasteiger partial charge in [0.2, 0.25) is 0 Å². The summed E-state index contributed by atoms with van der Waals surface area (Å²) in [5.74, 6) is 0.613. The lowest BCUT2D eigenvalue weighted by Gasteiger charge is -2.23. The van der Waals surface area contributed by atoms with Crippen molar-refractivity contribution in [2.45, 2.75) is 25.4 Å². The Balaban J connectivity index is 1.89. The minimum Gasteiger partial charge on any atom is -0.337 e. The van der Waals surface area contributed by atoms with Gasteiger partial charge < -0.3 is 9.88 Å². The Bertz CT molecular complexity index is 452. The molecule has 1 saturated heterocycles. The van der Waals surface area contributed by atoms with Crippen LogP contribution in [0.15, 0.2) is 12.5 Å². The third-order valence-corrected chi connectivity index (χ3v) is 4.77. The summed E-state index contributed by atoms with van der Waals surface area (Å²) in [5.41, 5.74) is 1.07. The lowest BCUT2D eigenvalue weighted by atomic mass is 10.2. The Morgan fingerprint density at radius 1 is 1.62 bits per heavy atom. The Labute approximate surface area is 95.8 Å². The van der Waals surface area contributed by atoms with Crippen LogP contribution in [0.5, 0.6) is 0 Å².